The fourth-order valence-electron chi connectivity index (χ4n) is 3.45. The molecular weight excluding hydrogens is 407 g/mol. The van der Waals surface area contributed by atoms with Gasteiger partial charge < -0.3 is 10.2 Å². The number of carbonyl (C=O) groups excluding carboxylic acids is 1. The zero-order valence-electron chi connectivity index (χ0n) is 14.9. The molecule has 27 heavy (non-hydrogen) atoms. The molecule has 0 radical (unpaired) electrons. The first-order valence-corrected chi connectivity index (χ1v) is 9.88. The van der Waals surface area contributed by atoms with Gasteiger partial charge in [-0.3, -0.25) is 9.48 Å². The molecule has 0 spiro atoms. The number of amides is 1. The molecule has 1 saturated heterocycles. The first-order chi connectivity index (χ1) is 12.6. The van der Waals surface area contributed by atoms with Crippen LogP contribution < -0.4 is 5.32 Å². The molecule has 1 aromatic carbocycles. The highest BCUT2D eigenvalue weighted by Gasteiger charge is 2.34. The lowest BCUT2D eigenvalue weighted by atomic mass is 10.1. The Morgan fingerprint density at radius 1 is 1.22 bits per heavy atom. The van der Waals surface area contributed by atoms with Crippen molar-refractivity contribution >= 4 is 41.5 Å². The van der Waals surface area contributed by atoms with Crippen LogP contribution in [0.3, 0.4) is 0 Å². The van der Waals surface area contributed by atoms with Crippen molar-refractivity contribution in [2.45, 2.75) is 44.3 Å². The highest BCUT2D eigenvalue weighted by atomic mass is 35.5. The molecular formula is C19H23Cl3N4O. The fourth-order valence-corrected chi connectivity index (χ4v) is 3.77. The summed E-state index contributed by atoms with van der Waals surface area (Å²) < 4.78 is 1.93. The number of piperidine rings is 1. The van der Waals surface area contributed by atoms with E-state index in [9.17, 15) is 4.79 Å². The second kappa shape index (κ2) is 8.82. The summed E-state index contributed by atoms with van der Waals surface area (Å²) in [7, 11) is 0. The van der Waals surface area contributed by atoms with Crippen LogP contribution in [0.1, 0.15) is 47.8 Å². The maximum atomic E-state index is 13.1. The molecule has 1 unspecified atom stereocenters. The van der Waals surface area contributed by atoms with Crippen molar-refractivity contribution in [2.75, 3.05) is 13.1 Å². The monoisotopic (exact) mass is 428 g/mol. The predicted octanol–water partition coefficient (Wildman–Crippen LogP) is 4.34. The van der Waals surface area contributed by atoms with E-state index in [4.69, 9.17) is 23.2 Å². The molecule has 5 nitrogen and oxygen atoms in total. The second-order valence-corrected chi connectivity index (χ2v) is 7.91. The van der Waals surface area contributed by atoms with Crippen LogP contribution in [0.15, 0.2) is 30.5 Å². The lowest BCUT2D eigenvalue weighted by molar-refractivity contribution is 0.0722. The van der Waals surface area contributed by atoms with Gasteiger partial charge in [0.15, 0.2) is 0 Å². The molecule has 1 aliphatic heterocycles. The van der Waals surface area contributed by atoms with Crippen LogP contribution >= 0.6 is 35.6 Å². The van der Waals surface area contributed by atoms with Gasteiger partial charge in [-0.05, 0) is 56.0 Å². The van der Waals surface area contributed by atoms with Crippen LogP contribution in [-0.4, -0.2) is 39.7 Å². The van der Waals surface area contributed by atoms with Gasteiger partial charge in [-0.2, -0.15) is 5.10 Å². The molecule has 4 rings (SSSR count). The van der Waals surface area contributed by atoms with Gasteiger partial charge in [0.25, 0.3) is 5.91 Å². The van der Waals surface area contributed by atoms with E-state index in [0.717, 1.165) is 44.3 Å². The highest BCUT2D eigenvalue weighted by molar-refractivity contribution is 6.42. The first-order valence-electron chi connectivity index (χ1n) is 9.12. The first kappa shape index (κ1) is 20.5. The van der Waals surface area contributed by atoms with E-state index < -0.39 is 0 Å². The molecule has 1 amide bonds. The third kappa shape index (κ3) is 4.77. The van der Waals surface area contributed by atoms with E-state index in [0.29, 0.717) is 34.4 Å². The minimum Gasteiger partial charge on any atom is -0.330 e. The molecule has 1 aromatic heterocycles. The van der Waals surface area contributed by atoms with E-state index in [1.54, 1.807) is 6.07 Å². The van der Waals surface area contributed by atoms with Crippen LogP contribution in [0.25, 0.3) is 0 Å². The van der Waals surface area contributed by atoms with Crippen LogP contribution in [-0.2, 0) is 6.54 Å². The summed E-state index contributed by atoms with van der Waals surface area (Å²) in [4.78, 5) is 15.0. The lowest BCUT2D eigenvalue weighted by Gasteiger charge is -2.23. The number of rotatable bonds is 5. The van der Waals surface area contributed by atoms with E-state index >= 15 is 0 Å². The summed E-state index contributed by atoms with van der Waals surface area (Å²) in [6.07, 6.45) is 6.24. The maximum Gasteiger partial charge on any atom is 0.274 e. The number of hydrogen-bond acceptors (Lipinski definition) is 3. The maximum absolute atomic E-state index is 13.1. The average molecular weight is 430 g/mol. The Morgan fingerprint density at radius 3 is 2.70 bits per heavy atom. The van der Waals surface area contributed by atoms with Gasteiger partial charge in [0.1, 0.15) is 5.69 Å². The van der Waals surface area contributed by atoms with Crippen molar-refractivity contribution < 1.29 is 4.79 Å². The van der Waals surface area contributed by atoms with Crippen LogP contribution in [0.5, 0.6) is 0 Å². The summed E-state index contributed by atoms with van der Waals surface area (Å²) in [6, 6.07) is 7.98. The number of nitrogens with zero attached hydrogens (tertiary/aromatic N) is 3. The second-order valence-electron chi connectivity index (χ2n) is 7.09. The summed E-state index contributed by atoms with van der Waals surface area (Å²) in [5.41, 5.74) is 1.50. The molecule has 1 saturated carbocycles. The molecule has 2 heterocycles. The Bertz CT molecular complexity index is 800. The molecule has 8 heteroatoms. The largest absolute Gasteiger partial charge is 0.330 e. The van der Waals surface area contributed by atoms with Gasteiger partial charge in [0, 0.05) is 25.3 Å². The molecule has 1 aliphatic carbocycles. The smallest absolute Gasteiger partial charge is 0.274 e. The number of halogens is 3. The Hall–Kier alpha value is -1.27. The molecule has 1 atom stereocenters. The SMILES string of the molecule is Cl.O=C(c1ccn(C2CCCNC2)n1)N(Cc1ccc(Cl)c(Cl)c1)C1CC1. The van der Waals surface area contributed by atoms with E-state index in [1.165, 1.54) is 0 Å². The van der Waals surface area contributed by atoms with Gasteiger partial charge in [-0.25, -0.2) is 0 Å². The normalized spacial score (nSPS) is 19.4. The molecule has 146 valence electrons. The molecule has 2 aliphatic rings. The van der Waals surface area contributed by atoms with Crippen LogP contribution in [0, 0.1) is 0 Å². The number of hydrogen-bond donors (Lipinski definition) is 1. The molecule has 2 fully saturated rings. The number of aromatic nitrogens is 2. The lowest BCUT2D eigenvalue weighted by Crippen LogP contribution is -2.34. The fraction of sp³-hybridized carbons (Fsp3) is 0.474. The Balaban J connectivity index is 0.00000210. The number of nitrogens with one attached hydrogen (secondary N) is 1. The van der Waals surface area contributed by atoms with E-state index in [1.807, 2.05) is 34.0 Å². The van der Waals surface area contributed by atoms with Gasteiger partial charge in [-0.15, -0.1) is 12.4 Å². The van der Waals surface area contributed by atoms with Crippen molar-refractivity contribution in [2.24, 2.45) is 0 Å². The van der Waals surface area contributed by atoms with Crippen LogP contribution in [0.2, 0.25) is 10.0 Å². The highest BCUT2D eigenvalue weighted by Crippen LogP contribution is 2.31. The van der Waals surface area contributed by atoms with Crippen LogP contribution in [0.4, 0.5) is 0 Å². The predicted molar refractivity (Wildman–Crippen MR) is 110 cm³/mol. The van der Waals surface area contributed by atoms with Gasteiger partial charge in [0.2, 0.25) is 0 Å². The molecule has 2 aromatic rings. The van der Waals surface area contributed by atoms with Gasteiger partial charge >= 0.3 is 0 Å². The number of benzene rings is 1. The number of carbonyl (C=O) groups is 1. The van der Waals surface area contributed by atoms with Crippen molar-refractivity contribution in [1.29, 1.82) is 0 Å². The third-order valence-electron chi connectivity index (χ3n) is 5.06. The van der Waals surface area contributed by atoms with Crippen molar-refractivity contribution in [3.8, 4) is 0 Å². The van der Waals surface area contributed by atoms with Gasteiger partial charge in [-0.1, -0.05) is 29.3 Å². The minimum absolute atomic E-state index is 0. The Morgan fingerprint density at radius 2 is 2.04 bits per heavy atom. The standard InChI is InChI=1S/C19H22Cl2N4O.ClH/c20-16-6-3-13(10-17(16)21)12-24(14-4-5-14)19(26)18-7-9-25(23-18)15-2-1-8-22-11-15;/h3,6-7,9-10,14-15,22H,1-2,4-5,8,11-12H2;1H. The van der Waals surface area contributed by atoms with Crippen molar-refractivity contribution in [1.82, 2.24) is 20.0 Å². The van der Waals surface area contributed by atoms with Crippen molar-refractivity contribution in [3.63, 3.8) is 0 Å². The zero-order chi connectivity index (χ0) is 18.1. The minimum atomic E-state index is -0.0129. The topological polar surface area (TPSA) is 50.2 Å². The van der Waals surface area contributed by atoms with Crippen molar-refractivity contribution in [3.05, 3.63) is 51.8 Å². The summed E-state index contributed by atoms with van der Waals surface area (Å²) >= 11 is 12.1. The summed E-state index contributed by atoms with van der Waals surface area (Å²) in [6.45, 7) is 2.49. The summed E-state index contributed by atoms with van der Waals surface area (Å²) in [5.74, 6) is -0.0129. The van der Waals surface area contributed by atoms with E-state index in [2.05, 4.69) is 10.4 Å². The van der Waals surface area contributed by atoms with Gasteiger partial charge in [0.05, 0.1) is 16.1 Å². The van der Waals surface area contributed by atoms with E-state index in [-0.39, 0.29) is 18.3 Å². The summed E-state index contributed by atoms with van der Waals surface area (Å²) in [5, 5.41) is 9.00. The quantitative estimate of drug-likeness (QED) is 0.769. The Labute approximate surface area is 175 Å². The molecule has 0 bridgehead atoms. The molecule has 1 N–H and O–H groups in total. The zero-order valence-corrected chi connectivity index (χ0v) is 17.2. The Kier molecular flexibility index (Phi) is 6.69. The average Bonchev–Trinajstić information content (AvgIpc) is 3.38. The third-order valence-corrected chi connectivity index (χ3v) is 5.80.